The molecule has 0 aliphatic heterocycles. The summed E-state index contributed by atoms with van der Waals surface area (Å²) in [5.74, 6) is -1.87. The van der Waals surface area contributed by atoms with Crippen LogP contribution in [0.1, 0.15) is 39.5 Å². The summed E-state index contributed by atoms with van der Waals surface area (Å²) in [6, 6.07) is 0. The Kier molecular flexibility index (Phi) is 5.35. The van der Waals surface area contributed by atoms with Crippen LogP contribution in [0.3, 0.4) is 0 Å². The number of aliphatic hydroxyl groups excluding tert-OH is 1. The second-order valence-corrected chi connectivity index (χ2v) is 5.36. The Morgan fingerprint density at radius 3 is 1.84 bits per heavy atom. The first kappa shape index (κ1) is 16.0. The minimum atomic E-state index is -1.39. The van der Waals surface area contributed by atoms with Crippen molar-refractivity contribution in [1.82, 2.24) is 0 Å². The summed E-state index contributed by atoms with van der Waals surface area (Å²) in [4.78, 5) is 24.7. The quantitative estimate of drug-likeness (QED) is 0.607. The summed E-state index contributed by atoms with van der Waals surface area (Å²) in [6.45, 7) is 3.29. The highest BCUT2D eigenvalue weighted by atomic mass is 16.5. The van der Waals surface area contributed by atoms with E-state index in [1.54, 1.807) is 13.8 Å². The van der Waals surface area contributed by atoms with E-state index >= 15 is 0 Å². The number of carbonyl (C=O) groups is 2. The molecular weight excluding hydrogens is 248 g/mol. The number of aliphatic hydroxyl groups is 1. The second-order valence-electron chi connectivity index (χ2n) is 5.36. The lowest BCUT2D eigenvalue weighted by molar-refractivity contribution is -0.183. The standard InChI is InChI=1S/C14H24O5/c1-9(10(2)15)14(12(16)18-3,13(17)19-4)11-7-5-6-8-11/h9-11,15H,5-8H2,1-4H3. The van der Waals surface area contributed by atoms with Gasteiger partial charge in [-0.15, -0.1) is 0 Å². The summed E-state index contributed by atoms with van der Waals surface area (Å²) >= 11 is 0. The number of carbonyl (C=O) groups excluding carboxylic acids is 2. The van der Waals surface area contributed by atoms with Crippen molar-refractivity contribution >= 4 is 11.9 Å². The van der Waals surface area contributed by atoms with Crippen LogP contribution in [0.25, 0.3) is 0 Å². The molecule has 1 saturated carbocycles. The van der Waals surface area contributed by atoms with E-state index in [4.69, 9.17) is 9.47 Å². The monoisotopic (exact) mass is 272 g/mol. The van der Waals surface area contributed by atoms with Gasteiger partial charge in [-0.3, -0.25) is 9.59 Å². The minimum Gasteiger partial charge on any atom is -0.468 e. The molecule has 0 radical (unpaired) electrons. The van der Waals surface area contributed by atoms with Gasteiger partial charge in [-0.25, -0.2) is 0 Å². The average Bonchev–Trinajstić information content (AvgIpc) is 2.92. The molecule has 1 aliphatic carbocycles. The molecule has 2 atom stereocenters. The zero-order valence-corrected chi connectivity index (χ0v) is 12.1. The highest BCUT2D eigenvalue weighted by Crippen LogP contribution is 2.48. The van der Waals surface area contributed by atoms with Gasteiger partial charge in [0.2, 0.25) is 0 Å². The van der Waals surface area contributed by atoms with Crippen molar-refractivity contribution in [3.63, 3.8) is 0 Å². The zero-order chi connectivity index (χ0) is 14.6. The molecule has 1 N–H and O–H groups in total. The van der Waals surface area contributed by atoms with Crippen LogP contribution in [0.2, 0.25) is 0 Å². The Balaban J connectivity index is 3.31. The van der Waals surface area contributed by atoms with Gasteiger partial charge >= 0.3 is 11.9 Å². The van der Waals surface area contributed by atoms with Gasteiger partial charge in [0.1, 0.15) is 0 Å². The van der Waals surface area contributed by atoms with Gasteiger partial charge in [0, 0.05) is 5.92 Å². The van der Waals surface area contributed by atoms with E-state index in [2.05, 4.69) is 0 Å². The smallest absolute Gasteiger partial charge is 0.323 e. The molecule has 0 aromatic rings. The molecule has 0 saturated heterocycles. The Bertz CT molecular complexity index is 311. The lowest BCUT2D eigenvalue weighted by Crippen LogP contribution is -2.53. The van der Waals surface area contributed by atoms with Crippen LogP contribution in [-0.2, 0) is 19.1 Å². The summed E-state index contributed by atoms with van der Waals surface area (Å²) in [6.07, 6.45) is 2.72. The molecule has 0 amide bonds. The first-order valence-electron chi connectivity index (χ1n) is 6.77. The van der Waals surface area contributed by atoms with E-state index in [0.717, 1.165) is 25.7 Å². The van der Waals surface area contributed by atoms with E-state index in [9.17, 15) is 14.7 Å². The maximum absolute atomic E-state index is 12.3. The third-order valence-electron chi connectivity index (χ3n) is 4.49. The molecule has 110 valence electrons. The molecule has 2 unspecified atom stereocenters. The van der Waals surface area contributed by atoms with Crippen LogP contribution >= 0.6 is 0 Å². The van der Waals surface area contributed by atoms with Crippen molar-refractivity contribution in [1.29, 1.82) is 0 Å². The van der Waals surface area contributed by atoms with Gasteiger partial charge in [-0.2, -0.15) is 0 Å². The third kappa shape index (κ3) is 2.61. The summed E-state index contributed by atoms with van der Waals surface area (Å²) in [5.41, 5.74) is -1.39. The molecule has 1 rings (SSSR count). The first-order chi connectivity index (χ1) is 8.92. The largest absolute Gasteiger partial charge is 0.468 e. The van der Waals surface area contributed by atoms with E-state index in [-0.39, 0.29) is 5.92 Å². The molecule has 1 fully saturated rings. The van der Waals surface area contributed by atoms with Crippen molar-refractivity contribution in [3.05, 3.63) is 0 Å². The van der Waals surface area contributed by atoms with Crippen molar-refractivity contribution in [3.8, 4) is 0 Å². The van der Waals surface area contributed by atoms with E-state index in [1.807, 2.05) is 0 Å². The van der Waals surface area contributed by atoms with Crippen LogP contribution < -0.4 is 0 Å². The van der Waals surface area contributed by atoms with E-state index in [1.165, 1.54) is 14.2 Å². The normalized spacial score (nSPS) is 19.8. The number of ether oxygens (including phenoxy) is 2. The number of hydrogen-bond acceptors (Lipinski definition) is 5. The molecule has 0 aromatic carbocycles. The van der Waals surface area contributed by atoms with E-state index < -0.39 is 29.4 Å². The van der Waals surface area contributed by atoms with Gasteiger partial charge in [0.25, 0.3) is 0 Å². The highest BCUT2D eigenvalue weighted by molar-refractivity contribution is 6.01. The molecule has 19 heavy (non-hydrogen) atoms. The fraction of sp³-hybridized carbons (Fsp3) is 0.857. The fourth-order valence-corrected chi connectivity index (χ4v) is 3.26. The molecule has 0 aromatic heterocycles. The van der Waals surface area contributed by atoms with Crippen molar-refractivity contribution in [2.45, 2.75) is 45.6 Å². The number of rotatable bonds is 5. The van der Waals surface area contributed by atoms with E-state index in [0.29, 0.717) is 0 Å². The summed E-state index contributed by atoms with van der Waals surface area (Å²) < 4.78 is 9.74. The topological polar surface area (TPSA) is 72.8 Å². The van der Waals surface area contributed by atoms with Crippen LogP contribution in [0.15, 0.2) is 0 Å². The Labute approximate surface area is 114 Å². The molecule has 0 spiro atoms. The Morgan fingerprint density at radius 1 is 1.11 bits per heavy atom. The lowest BCUT2D eigenvalue weighted by Gasteiger charge is -2.39. The third-order valence-corrected chi connectivity index (χ3v) is 4.49. The predicted molar refractivity (Wildman–Crippen MR) is 69.3 cm³/mol. The lowest BCUT2D eigenvalue weighted by atomic mass is 9.64. The molecular formula is C14H24O5. The molecule has 0 bridgehead atoms. The van der Waals surface area contributed by atoms with Gasteiger partial charge in [0.05, 0.1) is 20.3 Å². The fourth-order valence-electron chi connectivity index (χ4n) is 3.26. The average molecular weight is 272 g/mol. The highest BCUT2D eigenvalue weighted by Gasteiger charge is 2.59. The van der Waals surface area contributed by atoms with Crippen LogP contribution in [0.5, 0.6) is 0 Å². The van der Waals surface area contributed by atoms with Crippen LogP contribution in [0.4, 0.5) is 0 Å². The predicted octanol–water partition coefficient (Wildman–Crippen LogP) is 1.53. The van der Waals surface area contributed by atoms with Crippen molar-refractivity contribution in [2.75, 3.05) is 14.2 Å². The minimum absolute atomic E-state index is 0.128. The first-order valence-corrected chi connectivity index (χ1v) is 6.77. The SMILES string of the molecule is COC(=O)C(C(=O)OC)(C1CCCC1)C(C)C(C)O. The summed E-state index contributed by atoms with van der Waals surface area (Å²) in [5, 5.41) is 9.89. The number of esters is 2. The Morgan fingerprint density at radius 2 is 1.53 bits per heavy atom. The maximum Gasteiger partial charge on any atom is 0.323 e. The van der Waals surface area contributed by atoms with Gasteiger partial charge in [0.15, 0.2) is 5.41 Å². The van der Waals surface area contributed by atoms with Crippen LogP contribution in [0, 0.1) is 17.3 Å². The van der Waals surface area contributed by atoms with Gasteiger partial charge in [-0.1, -0.05) is 19.8 Å². The maximum atomic E-state index is 12.3. The van der Waals surface area contributed by atoms with Gasteiger partial charge in [-0.05, 0) is 25.7 Å². The zero-order valence-electron chi connectivity index (χ0n) is 12.1. The van der Waals surface area contributed by atoms with Crippen LogP contribution in [-0.4, -0.2) is 37.4 Å². The van der Waals surface area contributed by atoms with Gasteiger partial charge < -0.3 is 14.6 Å². The second kappa shape index (κ2) is 6.37. The number of methoxy groups -OCH3 is 2. The molecule has 0 heterocycles. The van der Waals surface area contributed by atoms with Crippen molar-refractivity contribution in [2.24, 2.45) is 17.3 Å². The van der Waals surface area contributed by atoms with Crippen molar-refractivity contribution < 1.29 is 24.2 Å². The molecule has 1 aliphatic rings. The summed E-state index contributed by atoms with van der Waals surface area (Å²) in [7, 11) is 2.54. The molecule has 5 heteroatoms. The Hall–Kier alpha value is -1.10. The molecule has 5 nitrogen and oxygen atoms in total. The number of hydrogen-bond donors (Lipinski definition) is 1.